The molecule has 0 atom stereocenters. The van der Waals surface area contributed by atoms with Gasteiger partial charge in [-0.15, -0.1) is 9.38 Å². The molecule has 0 amide bonds. The second-order valence-electron chi connectivity index (χ2n) is 7.72. The highest BCUT2D eigenvalue weighted by atomic mass is 19.1. The van der Waals surface area contributed by atoms with Gasteiger partial charge in [-0.2, -0.15) is 14.9 Å². The Morgan fingerprint density at radius 3 is 2.45 bits per heavy atom. The second-order valence-corrected chi connectivity index (χ2v) is 7.72. The van der Waals surface area contributed by atoms with Gasteiger partial charge in [0, 0.05) is 23.1 Å². The number of rotatable bonds is 4. The Bertz CT molecular complexity index is 1520. The number of nitrogens with one attached hydrogen (secondary N) is 1. The van der Waals surface area contributed by atoms with Crippen molar-refractivity contribution in [2.75, 3.05) is 5.73 Å². The van der Waals surface area contributed by atoms with Crippen LogP contribution in [0.3, 0.4) is 0 Å². The summed E-state index contributed by atoms with van der Waals surface area (Å²) in [6.45, 7) is 3.96. The molecule has 4 heterocycles. The fourth-order valence-electron chi connectivity index (χ4n) is 3.91. The molecule has 4 aromatic heterocycles. The van der Waals surface area contributed by atoms with Crippen LogP contribution in [0.15, 0.2) is 59.5 Å². The third-order valence-electron chi connectivity index (χ3n) is 5.25. The first-order valence-electron chi connectivity index (χ1n) is 10.2. The van der Waals surface area contributed by atoms with Crippen molar-refractivity contribution in [3.8, 4) is 22.4 Å². The minimum absolute atomic E-state index is 0.00900. The van der Waals surface area contributed by atoms with E-state index in [4.69, 9.17) is 5.73 Å². The zero-order valence-electron chi connectivity index (χ0n) is 18.0. The number of hydrogen-bond acceptors (Lipinski definition) is 6. The molecule has 1 aromatic carbocycles. The van der Waals surface area contributed by atoms with Crippen LogP contribution in [0.1, 0.15) is 17.1 Å². The van der Waals surface area contributed by atoms with E-state index >= 15 is 0 Å². The quantitative estimate of drug-likeness (QED) is 0.411. The molecule has 0 bridgehead atoms. The molecule has 5 rings (SSSR count). The summed E-state index contributed by atoms with van der Waals surface area (Å²) in [5, 5.41) is 11.1. The predicted molar refractivity (Wildman–Crippen MR) is 120 cm³/mol. The molecule has 3 N–H and O–H groups in total. The molecule has 9 nitrogen and oxygen atoms in total. The van der Waals surface area contributed by atoms with E-state index in [9.17, 15) is 9.18 Å². The number of nitrogens with zero attached hydrogens (tertiary/aromatic N) is 6. The third-order valence-corrected chi connectivity index (χ3v) is 5.25. The van der Waals surface area contributed by atoms with Crippen molar-refractivity contribution in [2.45, 2.75) is 20.4 Å². The van der Waals surface area contributed by atoms with Gasteiger partial charge >= 0.3 is 11.6 Å². The van der Waals surface area contributed by atoms with Crippen molar-refractivity contribution in [3.05, 3.63) is 88.1 Å². The van der Waals surface area contributed by atoms with Gasteiger partial charge in [0.05, 0.1) is 11.3 Å². The fraction of sp³-hybridized carbons (Fsp3) is 0.130. The first kappa shape index (κ1) is 20.4. The van der Waals surface area contributed by atoms with Gasteiger partial charge in [0.25, 0.3) is 0 Å². The fourth-order valence-corrected chi connectivity index (χ4v) is 3.91. The Morgan fingerprint density at radius 1 is 1.06 bits per heavy atom. The summed E-state index contributed by atoms with van der Waals surface area (Å²) in [5.41, 5.74) is 11.2. The molecular weight excluding hydrogens is 423 g/mol. The van der Waals surface area contributed by atoms with Crippen LogP contribution in [0.4, 0.5) is 10.3 Å². The molecule has 33 heavy (non-hydrogen) atoms. The van der Waals surface area contributed by atoms with E-state index in [0.29, 0.717) is 28.2 Å². The maximum absolute atomic E-state index is 13.6. The first-order valence-corrected chi connectivity index (χ1v) is 10.2. The lowest BCUT2D eigenvalue weighted by atomic mass is 9.99. The van der Waals surface area contributed by atoms with E-state index in [2.05, 4.69) is 25.3 Å². The number of halogens is 1. The number of nitrogens with two attached hydrogens (primary N) is 1. The molecule has 0 unspecified atom stereocenters. The number of fused-ring (bicyclic) bond motifs is 1. The van der Waals surface area contributed by atoms with Crippen LogP contribution >= 0.6 is 0 Å². The van der Waals surface area contributed by atoms with Gasteiger partial charge < -0.3 is 5.73 Å². The molecule has 0 spiro atoms. The number of aryl methyl sites for hydroxylation is 2. The van der Waals surface area contributed by atoms with Gasteiger partial charge in [0.1, 0.15) is 18.1 Å². The molecule has 0 aliphatic heterocycles. The number of anilines is 1. The van der Waals surface area contributed by atoms with Gasteiger partial charge in [0.15, 0.2) is 0 Å². The van der Waals surface area contributed by atoms with Gasteiger partial charge in [-0.1, -0.05) is 0 Å². The van der Waals surface area contributed by atoms with Gasteiger partial charge in [-0.05, 0) is 67.9 Å². The molecule has 0 saturated heterocycles. The Hall–Kier alpha value is -4.47. The van der Waals surface area contributed by atoms with Crippen LogP contribution < -0.4 is 15.8 Å². The standard InChI is InChI=1S/C23H19FN8O/c1-13-10-16(11-14(2)27-13)19-20(15-5-7-17(24)8-6-15)28-22(25)32-21(19)30-31(23(32)33)12-18-4-3-9-26-29-18/h3-11H,12H2,1-2H3,(H2,25,27,28,30)/p+1. The van der Waals surface area contributed by atoms with Gasteiger partial charge in [0.2, 0.25) is 5.65 Å². The molecule has 0 aliphatic carbocycles. The Kier molecular flexibility index (Phi) is 4.89. The summed E-state index contributed by atoms with van der Waals surface area (Å²) < 4.78 is 16.3. The molecule has 0 saturated carbocycles. The summed E-state index contributed by atoms with van der Waals surface area (Å²) in [4.78, 5) is 22.2. The highest BCUT2D eigenvalue weighted by molar-refractivity contribution is 5.88. The Labute approximate surface area is 187 Å². The minimum Gasteiger partial charge on any atom is -0.319 e. The topological polar surface area (TPSA) is 119 Å². The zero-order valence-corrected chi connectivity index (χ0v) is 18.0. The average Bonchev–Trinajstić information content (AvgIpc) is 3.10. The molecule has 0 fully saturated rings. The summed E-state index contributed by atoms with van der Waals surface area (Å²) in [6.07, 6.45) is 1.56. The zero-order chi connectivity index (χ0) is 23.1. The summed E-state index contributed by atoms with van der Waals surface area (Å²) >= 11 is 0. The number of aromatic nitrogens is 7. The molecule has 5 aromatic rings. The summed E-state index contributed by atoms with van der Waals surface area (Å²) in [6, 6.07) is 13.3. The van der Waals surface area contributed by atoms with Crippen molar-refractivity contribution < 1.29 is 8.79 Å². The lowest BCUT2D eigenvalue weighted by molar-refractivity contribution is -0.516. The maximum Gasteiger partial charge on any atom is 0.428 e. The van der Waals surface area contributed by atoms with Crippen LogP contribution in [-0.2, 0) is 6.54 Å². The number of benzene rings is 1. The van der Waals surface area contributed by atoms with E-state index in [0.717, 1.165) is 17.0 Å². The lowest BCUT2D eigenvalue weighted by Gasteiger charge is -2.10. The number of aromatic amines is 1. The van der Waals surface area contributed by atoms with Crippen LogP contribution in [0.2, 0.25) is 0 Å². The number of pyridine rings is 1. The van der Waals surface area contributed by atoms with Crippen molar-refractivity contribution in [2.24, 2.45) is 0 Å². The van der Waals surface area contributed by atoms with Gasteiger partial charge in [-0.25, -0.2) is 14.3 Å². The largest absolute Gasteiger partial charge is 0.428 e. The number of hydrogen-bond donors (Lipinski definition) is 2. The minimum atomic E-state index is -0.393. The van der Waals surface area contributed by atoms with Crippen LogP contribution in [0, 0.1) is 19.7 Å². The third kappa shape index (κ3) is 3.71. The van der Waals surface area contributed by atoms with Crippen LogP contribution in [0.5, 0.6) is 0 Å². The van der Waals surface area contributed by atoms with Crippen molar-refractivity contribution >= 4 is 11.6 Å². The van der Waals surface area contributed by atoms with E-state index in [-0.39, 0.29) is 18.3 Å². The normalized spacial score (nSPS) is 11.2. The molecule has 164 valence electrons. The smallest absolute Gasteiger partial charge is 0.319 e. The lowest BCUT2D eigenvalue weighted by Crippen LogP contribution is -2.44. The van der Waals surface area contributed by atoms with E-state index < -0.39 is 5.69 Å². The highest BCUT2D eigenvalue weighted by Crippen LogP contribution is 2.33. The molecule has 0 radical (unpaired) electrons. The summed E-state index contributed by atoms with van der Waals surface area (Å²) in [7, 11) is 0. The van der Waals surface area contributed by atoms with Gasteiger partial charge in [-0.3, -0.25) is 4.98 Å². The van der Waals surface area contributed by atoms with Crippen molar-refractivity contribution in [1.29, 1.82) is 0 Å². The van der Waals surface area contributed by atoms with Crippen molar-refractivity contribution in [3.63, 3.8) is 0 Å². The Balaban J connectivity index is 1.83. The predicted octanol–water partition coefficient (Wildman–Crippen LogP) is 2.22. The summed E-state index contributed by atoms with van der Waals surface area (Å²) in [5.74, 6) is -0.349. The number of H-pyrrole nitrogens is 1. The molecular formula is C23H20FN8O+. The highest BCUT2D eigenvalue weighted by Gasteiger charge is 2.26. The molecule has 10 heteroatoms. The number of nitrogen functional groups attached to an aromatic ring is 1. The van der Waals surface area contributed by atoms with Crippen molar-refractivity contribution in [1.82, 2.24) is 29.9 Å². The monoisotopic (exact) mass is 443 g/mol. The van der Waals surface area contributed by atoms with Crippen LogP contribution in [-0.4, -0.2) is 29.9 Å². The first-order chi connectivity index (χ1) is 15.9. The average molecular weight is 443 g/mol. The van der Waals surface area contributed by atoms with E-state index in [1.165, 1.54) is 21.2 Å². The van der Waals surface area contributed by atoms with Crippen LogP contribution in [0.25, 0.3) is 28.0 Å². The molecule has 0 aliphatic rings. The SMILES string of the molecule is Cc1cc(-c2c(-c3ccc(F)cc3)nc(N)[n+]3c(=O)n(Cc4cccnn4)[nH]c23)cc(C)n1. The van der Waals surface area contributed by atoms with E-state index in [1.54, 1.807) is 30.5 Å². The maximum atomic E-state index is 13.6. The second kappa shape index (κ2) is 7.90. The Morgan fingerprint density at radius 2 is 1.79 bits per heavy atom. The van der Waals surface area contributed by atoms with E-state index in [1.807, 2.05) is 26.0 Å².